The first-order valence-electron chi connectivity index (χ1n) is 4.09. The number of imidazole rings is 1. The van der Waals surface area contributed by atoms with Crippen molar-refractivity contribution in [3.05, 3.63) is 35.9 Å². The number of aromatic nitrogens is 2. The first-order chi connectivity index (χ1) is 6.74. The zero-order valence-electron chi connectivity index (χ0n) is 7.19. The molecule has 0 amide bonds. The van der Waals surface area contributed by atoms with Crippen LogP contribution in [0.4, 0.5) is 8.78 Å². The summed E-state index contributed by atoms with van der Waals surface area (Å²) in [5.41, 5.74) is 0.797. The number of alkyl halides is 2. The fourth-order valence-electron chi connectivity index (χ4n) is 1.40. The second kappa shape index (κ2) is 3.34. The minimum absolute atomic E-state index is 0.279. The van der Waals surface area contributed by atoms with Gasteiger partial charge in [-0.1, -0.05) is 6.07 Å². The van der Waals surface area contributed by atoms with Crippen molar-refractivity contribution in [2.45, 2.75) is 13.0 Å². The smallest absolute Gasteiger partial charge is 0.295 e. The molecule has 2 aromatic rings. The third kappa shape index (κ3) is 1.26. The number of pyridine rings is 1. The van der Waals surface area contributed by atoms with E-state index in [1.54, 1.807) is 18.2 Å². The molecule has 0 aliphatic carbocycles. The fourth-order valence-corrected chi connectivity index (χ4v) is 1.40. The summed E-state index contributed by atoms with van der Waals surface area (Å²) in [6, 6.07) is 5.00. The fraction of sp³-hybridized carbons (Fsp3) is 0.222. The maximum absolute atomic E-state index is 12.5. The topological polar surface area (TPSA) is 37.5 Å². The van der Waals surface area contributed by atoms with Gasteiger partial charge in [0, 0.05) is 6.20 Å². The minimum atomic E-state index is -2.63. The number of nitrogens with zero attached hydrogens (tertiary/aromatic N) is 2. The van der Waals surface area contributed by atoms with Gasteiger partial charge in [-0.25, -0.2) is 13.8 Å². The third-order valence-corrected chi connectivity index (χ3v) is 2.00. The Morgan fingerprint density at radius 1 is 1.43 bits per heavy atom. The van der Waals surface area contributed by atoms with Crippen LogP contribution in [0.1, 0.15) is 17.9 Å². The van der Waals surface area contributed by atoms with E-state index in [9.17, 15) is 8.78 Å². The Balaban J connectivity index is 2.73. The summed E-state index contributed by atoms with van der Waals surface area (Å²) in [5, 5.41) is 8.91. The van der Waals surface area contributed by atoms with E-state index in [0.29, 0.717) is 5.52 Å². The van der Waals surface area contributed by atoms with Gasteiger partial charge in [-0.05, 0) is 12.1 Å². The number of hydrogen-bond acceptors (Lipinski definition) is 2. The highest BCUT2D eigenvalue weighted by Gasteiger charge is 2.17. The summed E-state index contributed by atoms with van der Waals surface area (Å²) in [7, 11) is 0. The molecule has 0 spiro atoms. The van der Waals surface area contributed by atoms with Crippen molar-refractivity contribution in [2.24, 2.45) is 0 Å². The highest BCUT2D eigenvalue weighted by molar-refractivity contribution is 5.52. The van der Waals surface area contributed by atoms with E-state index in [0.717, 1.165) is 0 Å². The first-order valence-corrected chi connectivity index (χ1v) is 4.09. The molecule has 1 N–H and O–H groups in total. The van der Waals surface area contributed by atoms with Crippen LogP contribution >= 0.6 is 0 Å². The van der Waals surface area contributed by atoms with E-state index >= 15 is 0 Å². The van der Waals surface area contributed by atoms with Gasteiger partial charge in [0.15, 0.2) is 5.82 Å². The molecule has 0 atom stereocenters. The molecule has 2 rings (SSSR count). The summed E-state index contributed by atoms with van der Waals surface area (Å²) in [5.74, 6) is -0.329. The Labute approximate surface area is 78.6 Å². The van der Waals surface area contributed by atoms with Crippen LogP contribution in [-0.4, -0.2) is 14.5 Å². The summed E-state index contributed by atoms with van der Waals surface area (Å²) < 4.78 is 26.3. The number of rotatable bonds is 2. The van der Waals surface area contributed by atoms with Gasteiger partial charge in [0.1, 0.15) is 0 Å². The van der Waals surface area contributed by atoms with Gasteiger partial charge in [0.25, 0.3) is 6.43 Å². The molecule has 0 aromatic carbocycles. The van der Waals surface area contributed by atoms with E-state index < -0.39 is 6.43 Å². The lowest BCUT2D eigenvalue weighted by molar-refractivity contribution is 0.139. The molecule has 0 saturated carbocycles. The molecular weight excluding hydrogens is 190 g/mol. The van der Waals surface area contributed by atoms with Gasteiger partial charge in [-0.2, -0.15) is 0 Å². The lowest BCUT2D eigenvalue weighted by atomic mass is 10.3. The van der Waals surface area contributed by atoms with E-state index in [-0.39, 0.29) is 18.1 Å². The molecule has 2 heterocycles. The van der Waals surface area contributed by atoms with E-state index in [2.05, 4.69) is 4.98 Å². The van der Waals surface area contributed by atoms with E-state index in [4.69, 9.17) is 5.11 Å². The molecular formula is C9H8F2N2O. The van der Waals surface area contributed by atoms with Crippen LogP contribution in [0.25, 0.3) is 5.52 Å². The van der Waals surface area contributed by atoms with Crippen LogP contribution < -0.4 is 0 Å². The summed E-state index contributed by atoms with van der Waals surface area (Å²) in [4.78, 5) is 3.67. The Hall–Kier alpha value is -1.49. The van der Waals surface area contributed by atoms with Crippen molar-refractivity contribution in [3.8, 4) is 0 Å². The maximum atomic E-state index is 12.5. The number of fused-ring (bicyclic) bond motifs is 1. The Morgan fingerprint density at radius 2 is 2.21 bits per heavy atom. The second-order valence-electron chi connectivity index (χ2n) is 2.83. The van der Waals surface area contributed by atoms with Crippen LogP contribution in [0.15, 0.2) is 24.4 Å². The minimum Gasteiger partial charge on any atom is -0.390 e. The van der Waals surface area contributed by atoms with Crippen LogP contribution in [0.3, 0.4) is 0 Å². The van der Waals surface area contributed by atoms with Gasteiger partial charge < -0.3 is 5.11 Å². The van der Waals surface area contributed by atoms with Crippen LogP contribution in [-0.2, 0) is 6.61 Å². The Morgan fingerprint density at radius 3 is 2.86 bits per heavy atom. The highest BCUT2D eigenvalue weighted by atomic mass is 19.3. The number of hydrogen-bond donors (Lipinski definition) is 1. The van der Waals surface area contributed by atoms with E-state index in [1.165, 1.54) is 10.6 Å². The SMILES string of the molecule is OCc1nc(C(F)F)n2ccccc12. The number of halogens is 2. The lowest BCUT2D eigenvalue weighted by Gasteiger charge is -1.97. The quantitative estimate of drug-likeness (QED) is 0.798. The van der Waals surface area contributed by atoms with Crippen molar-refractivity contribution >= 4 is 5.52 Å². The maximum Gasteiger partial charge on any atom is 0.295 e. The summed E-state index contributed by atoms with van der Waals surface area (Å²) in [6.07, 6.45) is -1.13. The molecule has 0 radical (unpaired) electrons. The first kappa shape index (κ1) is 9.08. The molecule has 14 heavy (non-hydrogen) atoms. The standard InChI is InChI=1S/C9H8F2N2O/c10-8(11)9-12-6(5-14)7-3-1-2-4-13(7)9/h1-4,8,14H,5H2. The summed E-state index contributed by atoms with van der Waals surface area (Å²) in [6.45, 7) is -0.333. The van der Waals surface area contributed by atoms with Crippen LogP contribution in [0, 0.1) is 0 Å². The Bertz CT molecular complexity index is 453. The second-order valence-corrected chi connectivity index (χ2v) is 2.83. The van der Waals surface area contributed by atoms with Gasteiger partial charge in [-0.15, -0.1) is 0 Å². The normalized spacial score (nSPS) is 11.4. The van der Waals surface area contributed by atoms with Crippen LogP contribution in [0.5, 0.6) is 0 Å². The van der Waals surface area contributed by atoms with Gasteiger partial charge in [0.2, 0.25) is 0 Å². The molecule has 0 saturated heterocycles. The average Bonchev–Trinajstić information content (AvgIpc) is 2.56. The van der Waals surface area contributed by atoms with Crippen molar-refractivity contribution in [3.63, 3.8) is 0 Å². The molecule has 3 nitrogen and oxygen atoms in total. The van der Waals surface area contributed by atoms with E-state index in [1.807, 2.05) is 0 Å². The molecule has 0 unspecified atom stereocenters. The van der Waals surface area contributed by atoms with Crippen molar-refractivity contribution in [1.29, 1.82) is 0 Å². The number of aliphatic hydroxyl groups is 1. The largest absolute Gasteiger partial charge is 0.390 e. The lowest BCUT2D eigenvalue weighted by Crippen LogP contribution is -1.93. The predicted molar refractivity (Wildman–Crippen MR) is 46.1 cm³/mol. The zero-order valence-corrected chi connectivity index (χ0v) is 7.19. The van der Waals surface area contributed by atoms with Gasteiger partial charge in [-0.3, -0.25) is 4.40 Å². The average molecular weight is 198 g/mol. The summed E-state index contributed by atoms with van der Waals surface area (Å²) >= 11 is 0. The zero-order chi connectivity index (χ0) is 10.1. The van der Waals surface area contributed by atoms with Crippen molar-refractivity contribution < 1.29 is 13.9 Å². The monoisotopic (exact) mass is 198 g/mol. The Kier molecular flexibility index (Phi) is 2.17. The molecule has 5 heteroatoms. The number of aliphatic hydroxyl groups excluding tert-OH is 1. The van der Waals surface area contributed by atoms with Crippen molar-refractivity contribution in [1.82, 2.24) is 9.38 Å². The van der Waals surface area contributed by atoms with Gasteiger partial charge >= 0.3 is 0 Å². The molecule has 2 aromatic heterocycles. The van der Waals surface area contributed by atoms with Crippen molar-refractivity contribution in [2.75, 3.05) is 0 Å². The van der Waals surface area contributed by atoms with Crippen LogP contribution in [0.2, 0.25) is 0 Å². The van der Waals surface area contributed by atoms with Gasteiger partial charge in [0.05, 0.1) is 17.8 Å². The third-order valence-electron chi connectivity index (χ3n) is 2.00. The molecule has 74 valence electrons. The molecule has 0 fully saturated rings. The molecule has 0 aliphatic heterocycles. The predicted octanol–water partition coefficient (Wildman–Crippen LogP) is 1.76. The molecule has 0 bridgehead atoms. The molecule has 0 aliphatic rings. The highest BCUT2D eigenvalue weighted by Crippen LogP contribution is 2.21.